The molecule has 16 nitrogen and oxygen atoms in total. The molecule has 0 aliphatic carbocycles. The highest BCUT2D eigenvalue weighted by atomic mass is 16.6. The predicted molar refractivity (Wildman–Crippen MR) is 271 cm³/mol. The molecule has 2 aliphatic heterocycles. The van der Waals surface area contributed by atoms with E-state index < -0.39 is 5.97 Å². The molecular formula is C56H76N2O14+2. The van der Waals surface area contributed by atoms with Crippen LogP contribution < -0.4 is 37.9 Å². The van der Waals surface area contributed by atoms with Crippen molar-refractivity contribution in [2.24, 2.45) is 0 Å². The summed E-state index contributed by atoms with van der Waals surface area (Å²) in [5.41, 5.74) is 6.85. The minimum Gasteiger partial charge on any atom is -0.493 e. The van der Waals surface area contributed by atoms with Gasteiger partial charge in [-0.2, -0.15) is 0 Å². The number of quaternary nitrogens is 2. The monoisotopic (exact) mass is 1000 g/mol. The number of ether oxygens (including phenoxy) is 11. The molecule has 4 atom stereocenters. The van der Waals surface area contributed by atoms with Crippen molar-refractivity contribution in [2.45, 2.75) is 76.3 Å². The average molecular weight is 1000 g/mol. The fourth-order valence-corrected chi connectivity index (χ4v) is 10.2. The molecule has 0 amide bonds. The molecule has 6 rings (SSSR count). The standard InChI is InChI=1S/C56H76N2O14/c1-57(23-18-40-34-50(66-7)52(68-9)36-42(40)44(57)30-38-14-16-46(62-3)48(32-38)64-5)25-20-54(59)70-27-12-11-13-28-71-56(61)22-29-72-55(60)21-26-58(2)24-19-41-35-51(67-8)53(69-10)37-43(41)45(58)31-39-15-17-47(63-4)49(33-39)65-6/h14-17,32-37,44-45H,11-13,18-31H2,1-10H3/q+2. The summed E-state index contributed by atoms with van der Waals surface area (Å²) in [6.07, 6.45) is 5.40. The first-order valence-electron chi connectivity index (χ1n) is 24.8. The van der Waals surface area contributed by atoms with Gasteiger partial charge in [-0.05, 0) is 90.0 Å². The molecule has 0 saturated heterocycles. The van der Waals surface area contributed by atoms with Gasteiger partial charge in [-0.25, -0.2) is 0 Å². The number of fused-ring (bicyclic) bond motifs is 2. The van der Waals surface area contributed by atoms with Gasteiger partial charge < -0.3 is 61.1 Å². The number of likely N-dealkylation sites (N-methyl/N-ethyl adjacent to an activating group) is 2. The number of rotatable bonds is 27. The smallest absolute Gasteiger partial charge is 0.311 e. The fraction of sp³-hybridized carbons (Fsp3) is 0.518. The lowest BCUT2D eigenvalue weighted by Gasteiger charge is -2.46. The molecule has 72 heavy (non-hydrogen) atoms. The molecular weight excluding hydrogens is 925 g/mol. The van der Waals surface area contributed by atoms with Gasteiger partial charge in [0.2, 0.25) is 0 Å². The maximum atomic E-state index is 13.1. The number of hydrogen-bond donors (Lipinski definition) is 0. The average Bonchev–Trinajstić information content (AvgIpc) is 3.40. The van der Waals surface area contributed by atoms with Crippen molar-refractivity contribution < 1.29 is 75.5 Å². The Balaban J connectivity index is 0.918. The van der Waals surface area contributed by atoms with E-state index >= 15 is 0 Å². The zero-order chi connectivity index (χ0) is 51.8. The summed E-state index contributed by atoms with van der Waals surface area (Å²) in [5, 5.41) is 0. The number of hydrogen-bond acceptors (Lipinski definition) is 14. The Kier molecular flexibility index (Phi) is 19.7. The molecule has 0 bridgehead atoms. The van der Waals surface area contributed by atoms with Gasteiger partial charge >= 0.3 is 17.9 Å². The highest BCUT2D eigenvalue weighted by Crippen LogP contribution is 2.45. The lowest BCUT2D eigenvalue weighted by atomic mass is 9.86. The van der Waals surface area contributed by atoms with E-state index in [0.29, 0.717) is 100 Å². The van der Waals surface area contributed by atoms with Gasteiger partial charge in [0.25, 0.3) is 0 Å². The molecule has 0 saturated carbocycles. The van der Waals surface area contributed by atoms with E-state index in [4.69, 9.17) is 52.1 Å². The quantitative estimate of drug-likeness (QED) is 0.0246. The van der Waals surface area contributed by atoms with Gasteiger partial charge in [-0.3, -0.25) is 14.4 Å². The van der Waals surface area contributed by atoms with E-state index in [-0.39, 0.29) is 63.1 Å². The summed E-state index contributed by atoms with van der Waals surface area (Å²) in [5.74, 6) is 4.30. The van der Waals surface area contributed by atoms with Gasteiger partial charge in [0.1, 0.15) is 18.7 Å². The Bertz CT molecular complexity index is 2480. The molecule has 0 radical (unpaired) electrons. The van der Waals surface area contributed by atoms with E-state index in [1.807, 2.05) is 30.3 Å². The van der Waals surface area contributed by atoms with Crippen molar-refractivity contribution in [1.29, 1.82) is 0 Å². The van der Waals surface area contributed by atoms with Gasteiger partial charge in [-0.15, -0.1) is 0 Å². The van der Waals surface area contributed by atoms with E-state index in [1.54, 1.807) is 56.9 Å². The summed E-state index contributed by atoms with van der Waals surface area (Å²) >= 11 is 0. The van der Waals surface area contributed by atoms with Crippen LogP contribution in [0, 0.1) is 0 Å². The Labute approximate surface area is 425 Å². The van der Waals surface area contributed by atoms with Crippen molar-refractivity contribution >= 4 is 17.9 Å². The Morgan fingerprint density at radius 3 is 1.17 bits per heavy atom. The SMILES string of the molecule is COc1ccc(CC2c3cc(OC)c(OC)cc3CC[N+]2(C)CCC(=O)OCCCCCOC(=O)CCOC(=O)CC[N+]2(C)CCc3cc(OC)c(OC)cc3C2Cc2ccc(OC)c(OC)c2)cc1OC. The zero-order valence-corrected chi connectivity index (χ0v) is 44.1. The van der Waals surface area contributed by atoms with Gasteiger partial charge in [-0.1, -0.05) is 12.1 Å². The summed E-state index contributed by atoms with van der Waals surface area (Å²) in [4.78, 5) is 38.8. The van der Waals surface area contributed by atoms with Crippen LogP contribution in [0.4, 0.5) is 0 Å². The summed E-state index contributed by atoms with van der Waals surface area (Å²) in [6, 6.07) is 20.2. The number of benzene rings is 4. The van der Waals surface area contributed by atoms with E-state index in [2.05, 4.69) is 44.4 Å². The molecule has 2 aliphatic rings. The van der Waals surface area contributed by atoms with E-state index in [0.717, 1.165) is 42.6 Å². The van der Waals surface area contributed by atoms with Crippen LogP contribution in [0.15, 0.2) is 60.7 Å². The first kappa shape index (κ1) is 54.9. The van der Waals surface area contributed by atoms with Crippen LogP contribution in [0.3, 0.4) is 0 Å². The van der Waals surface area contributed by atoms with Crippen molar-refractivity contribution in [3.63, 3.8) is 0 Å². The van der Waals surface area contributed by atoms with Gasteiger partial charge in [0.05, 0.1) is 130 Å². The van der Waals surface area contributed by atoms with Crippen LogP contribution in [-0.4, -0.2) is 144 Å². The van der Waals surface area contributed by atoms with E-state index in [1.165, 1.54) is 16.7 Å². The zero-order valence-electron chi connectivity index (χ0n) is 44.1. The lowest BCUT2D eigenvalue weighted by molar-refractivity contribution is -0.940. The molecule has 0 spiro atoms. The molecule has 0 N–H and O–H groups in total. The number of nitrogens with zero attached hydrogens (tertiary/aromatic N) is 2. The van der Waals surface area contributed by atoms with Gasteiger partial charge in [0.15, 0.2) is 46.0 Å². The molecule has 4 aromatic carbocycles. The molecule has 392 valence electrons. The number of methoxy groups -OCH3 is 8. The van der Waals surface area contributed by atoms with Gasteiger partial charge in [0, 0.05) is 36.8 Å². The number of esters is 3. The van der Waals surface area contributed by atoms with Crippen molar-refractivity contribution in [3.05, 3.63) is 94.0 Å². The summed E-state index contributed by atoms with van der Waals surface area (Å²) in [6.45, 7) is 3.22. The van der Waals surface area contributed by atoms with Crippen LogP contribution in [0.2, 0.25) is 0 Å². The molecule has 4 aromatic rings. The fourth-order valence-electron chi connectivity index (χ4n) is 10.2. The topological polar surface area (TPSA) is 153 Å². The number of carbonyl (C=O) groups is 3. The number of carbonyl (C=O) groups excluding carboxylic acids is 3. The summed E-state index contributed by atoms with van der Waals surface area (Å²) < 4.78 is 62.8. The minimum absolute atomic E-state index is 0.0112. The third-order valence-electron chi connectivity index (χ3n) is 14.6. The second-order valence-electron chi connectivity index (χ2n) is 19.0. The maximum Gasteiger partial charge on any atom is 0.311 e. The largest absolute Gasteiger partial charge is 0.493 e. The van der Waals surface area contributed by atoms with Crippen molar-refractivity contribution in [1.82, 2.24) is 0 Å². The second-order valence-corrected chi connectivity index (χ2v) is 19.0. The highest BCUT2D eigenvalue weighted by molar-refractivity contribution is 5.72. The predicted octanol–water partition coefficient (Wildman–Crippen LogP) is 8.00. The first-order valence-corrected chi connectivity index (χ1v) is 24.8. The normalized spacial score (nSPS) is 18.9. The minimum atomic E-state index is -0.431. The second kappa shape index (κ2) is 25.8. The van der Waals surface area contributed by atoms with Crippen LogP contribution in [-0.2, 0) is 54.3 Å². The lowest BCUT2D eigenvalue weighted by Crippen LogP contribution is -2.53. The number of unbranched alkanes of at least 4 members (excludes halogenated alkanes) is 2. The maximum absolute atomic E-state index is 13.1. The van der Waals surface area contributed by atoms with Crippen molar-refractivity contribution in [3.8, 4) is 46.0 Å². The molecule has 2 heterocycles. The third-order valence-corrected chi connectivity index (χ3v) is 14.6. The van der Waals surface area contributed by atoms with Crippen LogP contribution >= 0.6 is 0 Å². The Morgan fingerprint density at radius 1 is 0.431 bits per heavy atom. The molecule has 16 heteroatoms. The van der Waals surface area contributed by atoms with Crippen LogP contribution in [0.1, 0.15) is 84.0 Å². The Hall–Kier alpha value is -6.39. The van der Waals surface area contributed by atoms with Crippen LogP contribution in [0.25, 0.3) is 0 Å². The molecule has 4 unspecified atom stereocenters. The van der Waals surface area contributed by atoms with E-state index in [9.17, 15) is 14.4 Å². The third kappa shape index (κ3) is 13.6. The molecule has 0 fully saturated rings. The first-order chi connectivity index (χ1) is 34.7. The summed E-state index contributed by atoms with van der Waals surface area (Å²) in [7, 11) is 17.4. The molecule has 0 aromatic heterocycles. The van der Waals surface area contributed by atoms with Crippen molar-refractivity contribution in [2.75, 3.05) is 117 Å². The highest BCUT2D eigenvalue weighted by Gasteiger charge is 2.42. The van der Waals surface area contributed by atoms with Crippen LogP contribution in [0.5, 0.6) is 46.0 Å². The Morgan fingerprint density at radius 2 is 0.778 bits per heavy atom.